The molecule has 0 aliphatic rings. The Morgan fingerprint density at radius 2 is 2.47 bits per heavy atom. The van der Waals surface area contributed by atoms with Gasteiger partial charge in [0.25, 0.3) is 10.0 Å². The van der Waals surface area contributed by atoms with Gasteiger partial charge in [0.15, 0.2) is 9.72 Å². The van der Waals surface area contributed by atoms with Gasteiger partial charge in [0.05, 0.1) is 12.8 Å². The van der Waals surface area contributed by atoms with Gasteiger partial charge in [-0.05, 0) is 6.92 Å². The molecular weight excluding hydrogens is 240 g/mol. The van der Waals surface area contributed by atoms with E-state index in [2.05, 4.69) is 20.0 Å². The third-order valence-electron chi connectivity index (χ3n) is 1.35. The van der Waals surface area contributed by atoms with Crippen molar-refractivity contribution < 1.29 is 17.9 Å². The van der Waals surface area contributed by atoms with Crippen molar-refractivity contribution in [3.05, 3.63) is 11.7 Å². The first-order valence-electron chi connectivity index (χ1n) is 4.03. The third kappa shape index (κ3) is 3.57. The maximum absolute atomic E-state index is 11.4. The molecule has 0 spiro atoms. The van der Waals surface area contributed by atoms with E-state index in [1.165, 1.54) is 0 Å². The molecular formula is C7H9N2O4S2. The summed E-state index contributed by atoms with van der Waals surface area (Å²) < 4.78 is 29.6. The van der Waals surface area contributed by atoms with Crippen LogP contribution in [0.3, 0.4) is 0 Å². The van der Waals surface area contributed by atoms with Crippen LogP contribution in [0.4, 0.5) is 0 Å². The van der Waals surface area contributed by atoms with Crippen molar-refractivity contribution >= 4 is 27.3 Å². The molecule has 8 heteroatoms. The molecule has 0 saturated heterocycles. The van der Waals surface area contributed by atoms with Crippen LogP contribution in [0, 0.1) is 5.51 Å². The Labute approximate surface area is 91.3 Å². The summed E-state index contributed by atoms with van der Waals surface area (Å²) >= 11 is 0.856. The van der Waals surface area contributed by atoms with Crippen LogP contribution in [0.2, 0.25) is 0 Å². The van der Waals surface area contributed by atoms with Gasteiger partial charge in [-0.3, -0.25) is 4.79 Å². The maximum atomic E-state index is 11.4. The Morgan fingerprint density at radius 1 is 1.73 bits per heavy atom. The molecule has 0 bridgehead atoms. The largest absolute Gasteiger partial charge is 0.465 e. The monoisotopic (exact) mass is 249 g/mol. The molecule has 0 aliphatic heterocycles. The third-order valence-corrected chi connectivity index (χ3v) is 3.92. The highest BCUT2D eigenvalue weighted by molar-refractivity contribution is 7.91. The van der Waals surface area contributed by atoms with E-state index in [4.69, 9.17) is 0 Å². The second-order valence-corrected chi connectivity index (χ2v) is 5.22. The Hall–Kier alpha value is -0.990. The van der Waals surface area contributed by atoms with Crippen molar-refractivity contribution in [2.24, 2.45) is 0 Å². The van der Waals surface area contributed by atoms with Crippen molar-refractivity contribution in [1.29, 1.82) is 0 Å². The quantitative estimate of drug-likeness (QED) is 0.729. The summed E-state index contributed by atoms with van der Waals surface area (Å²) in [4.78, 5) is 14.4. The highest BCUT2D eigenvalue weighted by atomic mass is 32.2. The zero-order chi connectivity index (χ0) is 11.3. The Balaban J connectivity index is 2.55. The molecule has 0 saturated carbocycles. The Bertz CT molecular complexity index is 412. The minimum Gasteiger partial charge on any atom is -0.465 e. The molecule has 0 aromatic carbocycles. The summed E-state index contributed by atoms with van der Waals surface area (Å²) in [5, 5.41) is 0. The van der Waals surface area contributed by atoms with E-state index >= 15 is 0 Å². The lowest BCUT2D eigenvalue weighted by molar-refractivity contribution is -0.141. The van der Waals surface area contributed by atoms with Gasteiger partial charge in [0, 0.05) is 0 Å². The molecule has 1 aromatic heterocycles. The van der Waals surface area contributed by atoms with Crippen molar-refractivity contribution in [3.8, 4) is 0 Å². The van der Waals surface area contributed by atoms with Crippen molar-refractivity contribution in [2.45, 2.75) is 11.1 Å². The molecule has 0 atom stereocenters. The first-order chi connectivity index (χ1) is 7.06. The van der Waals surface area contributed by atoms with Gasteiger partial charge in [-0.15, -0.1) is 0 Å². The molecule has 1 rings (SSSR count). The van der Waals surface area contributed by atoms with Crippen LogP contribution < -0.4 is 4.72 Å². The highest BCUT2D eigenvalue weighted by Gasteiger charge is 2.17. The van der Waals surface area contributed by atoms with Gasteiger partial charge in [-0.1, -0.05) is 11.3 Å². The van der Waals surface area contributed by atoms with Crippen LogP contribution in [-0.2, 0) is 19.6 Å². The van der Waals surface area contributed by atoms with Gasteiger partial charge < -0.3 is 4.74 Å². The molecule has 1 heterocycles. The van der Waals surface area contributed by atoms with E-state index in [0.29, 0.717) is 0 Å². The maximum Gasteiger partial charge on any atom is 0.321 e. The molecule has 0 fully saturated rings. The molecule has 0 amide bonds. The van der Waals surface area contributed by atoms with E-state index in [0.717, 1.165) is 17.5 Å². The summed E-state index contributed by atoms with van der Waals surface area (Å²) in [7, 11) is -3.66. The van der Waals surface area contributed by atoms with Gasteiger partial charge in [0.2, 0.25) is 0 Å². The van der Waals surface area contributed by atoms with Gasteiger partial charge in [0.1, 0.15) is 6.54 Å². The van der Waals surface area contributed by atoms with E-state index in [9.17, 15) is 13.2 Å². The number of aromatic nitrogens is 1. The fourth-order valence-corrected chi connectivity index (χ4v) is 2.41. The van der Waals surface area contributed by atoms with Crippen LogP contribution in [0.15, 0.2) is 10.4 Å². The molecule has 0 aliphatic carbocycles. The van der Waals surface area contributed by atoms with Crippen molar-refractivity contribution in [2.75, 3.05) is 13.2 Å². The van der Waals surface area contributed by atoms with Crippen LogP contribution in [-0.4, -0.2) is 32.5 Å². The summed E-state index contributed by atoms with van der Waals surface area (Å²) in [5.41, 5.74) is 2.40. The van der Waals surface area contributed by atoms with Crippen LogP contribution in [0.5, 0.6) is 0 Å². The number of carbonyl (C=O) groups excluding carboxylic acids is 1. The van der Waals surface area contributed by atoms with E-state index in [1.807, 2.05) is 0 Å². The number of thiazole rings is 1. The number of sulfonamides is 1. The number of nitrogens with one attached hydrogen (secondary N) is 1. The minimum absolute atomic E-state index is 0.0202. The fourth-order valence-electron chi connectivity index (χ4n) is 0.738. The second-order valence-electron chi connectivity index (χ2n) is 2.40. The van der Waals surface area contributed by atoms with Crippen LogP contribution in [0.1, 0.15) is 6.92 Å². The van der Waals surface area contributed by atoms with Gasteiger partial charge in [-0.2, -0.15) is 4.72 Å². The summed E-state index contributed by atoms with van der Waals surface area (Å²) in [5.74, 6) is -0.616. The number of hydrogen-bond acceptors (Lipinski definition) is 6. The number of nitrogens with zero attached hydrogens (tertiary/aromatic N) is 1. The lowest BCUT2D eigenvalue weighted by Crippen LogP contribution is -2.30. The first-order valence-corrected chi connectivity index (χ1v) is 6.33. The normalized spacial score (nSPS) is 11.3. The number of rotatable bonds is 5. The zero-order valence-electron chi connectivity index (χ0n) is 7.89. The van der Waals surface area contributed by atoms with Gasteiger partial charge in [-0.25, -0.2) is 13.4 Å². The molecule has 1 aromatic rings. The highest BCUT2D eigenvalue weighted by Crippen LogP contribution is 2.11. The second kappa shape index (κ2) is 5.19. The fraction of sp³-hybridized carbons (Fsp3) is 0.429. The summed E-state index contributed by atoms with van der Waals surface area (Å²) in [6.45, 7) is 1.48. The molecule has 1 radical (unpaired) electrons. The average Bonchev–Trinajstić information content (AvgIpc) is 2.69. The van der Waals surface area contributed by atoms with Crippen LogP contribution >= 0.6 is 11.3 Å². The number of carbonyl (C=O) groups is 1. The molecule has 6 nitrogen and oxygen atoms in total. The SMILES string of the molecule is CCOC(=O)CNS(=O)(=O)c1cn[c]s1. The number of ether oxygens (including phenoxy) is 1. The molecule has 0 unspecified atom stereocenters. The molecule has 15 heavy (non-hydrogen) atoms. The Kier molecular flexibility index (Phi) is 4.18. The lowest BCUT2D eigenvalue weighted by Gasteiger charge is -2.03. The topological polar surface area (TPSA) is 85.4 Å². The average molecular weight is 249 g/mol. The number of hydrogen-bond donors (Lipinski definition) is 1. The molecule has 83 valence electrons. The standard InChI is InChI=1S/C7H9N2O4S2/c1-2-13-6(10)3-9-15(11,12)7-4-8-5-14-7/h4,9H,2-3H2,1H3. The predicted octanol–water partition coefficient (Wildman–Crippen LogP) is -0.215. The lowest BCUT2D eigenvalue weighted by atomic mass is 10.7. The van der Waals surface area contributed by atoms with E-state index in [1.54, 1.807) is 6.92 Å². The predicted molar refractivity (Wildman–Crippen MR) is 52.8 cm³/mol. The summed E-state index contributed by atoms with van der Waals surface area (Å²) in [6, 6.07) is 0. The van der Waals surface area contributed by atoms with Crippen LogP contribution in [0.25, 0.3) is 0 Å². The zero-order valence-corrected chi connectivity index (χ0v) is 9.52. The number of esters is 1. The molecule has 1 N–H and O–H groups in total. The Morgan fingerprint density at radius 3 is 3.00 bits per heavy atom. The van der Waals surface area contributed by atoms with Crippen molar-refractivity contribution in [3.63, 3.8) is 0 Å². The minimum atomic E-state index is -3.66. The van der Waals surface area contributed by atoms with E-state index < -0.39 is 16.0 Å². The van der Waals surface area contributed by atoms with Gasteiger partial charge >= 0.3 is 5.97 Å². The van der Waals surface area contributed by atoms with Crippen molar-refractivity contribution in [1.82, 2.24) is 9.71 Å². The summed E-state index contributed by atoms with van der Waals surface area (Å²) in [6.07, 6.45) is 1.16. The first kappa shape index (κ1) is 12.1. The van der Waals surface area contributed by atoms with E-state index in [-0.39, 0.29) is 17.4 Å². The smallest absolute Gasteiger partial charge is 0.321 e.